The molecule has 0 N–H and O–H groups in total. The molecule has 10 heavy (non-hydrogen) atoms. The number of hydrogen-bond acceptors (Lipinski definition) is 2. The fourth-order valence-corrected chi connectivity index (χ4v) is 1.28. The van der Waals surface area contributed by atoms with Gasteiger partial charge in [-0.25, -0.2) is 9.19 Å². The van der Waals surface area contributed by atoms with E-state index in [-0.39, 0.29) is 0 Å². The van der Waals surface area contributed by atoms with Crippen molar-refractivity contribution in [2.45, 2.75) is 5.16 Å². The Labute approximate surface area is 61.8 Å². The summed E-state index contributed by atoms with van der Waals surface area (Å²) in [7, 11) is 0.640. The third-order valence-corrected chi connectivity index (χ3v) is 2.16. The summed E-state index contributed by atoms with van der Waals surface area (Å²) < 4.78 is 12.7. The van der Waals surface area contributed by atoms with Crippen molar-refractivity contribution in [2.75, 3.05) is 0 Å². The van der Waals surface area contributed by atoms with E-state index in [0.717, 1.165) is 0 Å². The van der Waals surface area contributed by atoms with Crippen LogP contribution in [0.25, 0.3) is 0 Å². The third-order valence-electron chi connectivity index (χ3n) is 1.11. The lowest BCUT2D eigenvalue weighted by molar-refractivity contribution is 0.671. The largest absolute Gasteiger partial charge is 0.327 e. The van der Waals surface area contributed by atoms with Gasteiger partial charge >= 0.3 is 0 Å². The van der Waals surface area contributed by atoms with E-state index < -0.39 is 10.8 Å². The highest BCUT2D eigenvalue weighted by Gasteiger charge is 2.02. The van der Waals surface area contributed by atoms with Gasteiger partial charge in [0, 0.05) is 24.8 Å². The molecule has 0 radical (unpaired) electrons. The Hall–Kier alpha value is -0.900. The number of nitrogens with zero attached hydrogens (tertiary/aromatic N) is 2. The minimum absolute atomic E-state index is 0.537. The Balaban J connectivity index is 3.04. The molecule has 0 aliphatic rings. The van der Waals surface area contributed by atoms with Crippen LogP contribution in [0.5, 0.6) is 0 Å². The van der Waals surface area contributed by atoms with E-state index in [1.165, 1.54) is 5.41 Å². The average Bonchev–Trinajstić information content (AvgIpc) is 2.34. The molecule has 0 aromatic carbocycles. The van der Waals surface area contributed by atoms with Gasteiger partial charge in [0.2, 0.25) is 5.16 Å². The maximum atomic E-state index is 11.0. The highest BCUT2D eigenvalue weighted by Crippen LogP contribution is 2.01. The van der Waals surface area contributed by atoms with Crippen molar-refractivity contribution in [3.63, 3.8) is 0 Å². The zero-order valence-corrected chi connectivity index (χ0v) is 6.47. The molecule has 0 saturated carbocycles. The van der Waals surface area contributed by atoms with E-state index in [1.54, 1.807) is 24.0 Å². The van der Waals surface area contributed by atoms with Crippen molar-refractivity contribution >= 4 is 10.8 Å². The predicted molar refractivity (Wildman–Crippen MR) is 39.8 cm³/mol. The molecule has 0 amide bonds. The number of imidazole rings is 1. The van der Waals surface area contributed by atoms with Gasteiger partial charge in [0.1, 0.15) is 10.8 Å². The molecule has 1 heterocycles. The average molecular weight is 156 g/mol. The molecule has 3 nitrogen and oxygen atoms in total. The summed E-state index contributed by atoms with van der Waals surface area (Å²) in [5.41, 5.74) is 0. The van der Waals surface area contributed by atoms with Crippen molar-refractivity contribution in [1.82, 2.24) is 9.55 Å². The molecular weight excluding hydrogens is 148 g/mol. The minimum Gasteiger partial charge on any atom is -0.327 e. The fourth-order valence-electron chi connectivity index (χ4n) is 0.620. The van der Waals surface area contributed by atoms with Crippen molar-refractivity contribution in [1.29, 1.82) is 0 Å². The first-order chi connectivity index (χ1) is 4.75. The van der Waals surface area contributed by atoms with Crippen LogP contribution in [0, 0.1) is 0 Å². The van der Waals surface area contributed by atoms with Crippen LogP contribution in [0.1, 0.15) is 0 Å². The summed E-state index contributed by atoms with van der Waals surface area (Å²) in [6.07, 6.45) is 3.35. The number of rotatable bonds is 2. The number of aryl methyl sites for hydroxylation is 1. The van der Waals surface area contributed by atoms with Crippen molar-refractivity contribution in [2.24, 2.45) is 7.05 Å². The molecule has 54 valence electrons. The lowest BCUT2D eigenvalue weighted by Crippen LogP contribution is -1.96. The Kier molecular flexibility index (Phi) is 2.01. The molecule has 1 atom stereocenters. The monoisotopic (exact) mass is 156 g/mol. The second-order valence-corrected chi connectivity index (χ2v) is 3.08. The standard InChI is InChI=1S/C6H8N2OS/c1-3-10(9)6-7-4-5-8(6)2/h3-5H,1H2,2H3/t10-/m1/s1. The Morgan fingerprint density at radius 3 is 3.00 bits per heavy atom. The second kappa shape index (κ2) is 2.79. The first kappa shape index (κ1) is 7.21. The zero-order valence-electron chi connectivity index (χ0n) is 5.65. The van der Waals surface area contributed by atoms with Crippen molar-refractivity contribution in [3.05, 3.63) is 24.4 Å². The molecular formula is C6H8N2OS. The van der Waals surface area contributed by atoms with E-state index >= 15 is 0 Å². The van der Waals surface area contributed by atoms with E-state index in [9.17, 15) is 4.21 Å². The van der Waals surface area contributed by atoms with E-state index in [0.29, 0.717) is 5.16 Å². The van der Waals surface area contributed by atoms with E-state index in [2.05, 4.69) is 11.6 Å². The molecule has 0 spiro atoms. The number of hydrogen-bond donors (Lipinski definition) is 0. The van der Waals surface area contributed by atoms with Gasteiger partial charge in [-0.2, -0.15) is 0 Å². The Bertz CT molecular complexity index is 266. The molecule has 1 aromatic heterocycles. The Morgan fingerprint density at radius 2 is 2.60 bits per heavy atom. The number of aromatic nitrogens is 2. The van der Waals surface area contributed by atoms with E-state index in [1.807, 2.05) is 0 Å². The van der Waals surface area contributed by atoms with Crippen LogP contribution in [0.4, 0.5) is 0 Å². The summed E-state index contributed by atoms with van der Waals surface area (Å²) in [4.78, 5) is 3.88. The van der Waals surface area contributed by atoms with Crippen LogP contribution in [0.3, 0.4) is 0 Å². The molecule has 1 aromatic rings. The third kappa shape index (κ3) is 1.16. The normalized spacial score (nSPS) is 12.9. The van der Waals surface area contributed by atoms with Crippen LogP contribution < -0.4 is 0 Å². The minimum atomic E-state index is -1.16. The van der Waals surface area contributed by atoms with Gasteiger partial charge in [-0.15, -0.1) is 0 Å². The quantitative estimate of drug-likeness (QED) is 0.630. The second-order valence-electron chi connectivity index (χ2n) is 1.78. The van der Waals surface area contributed by atoms with Crippen LogP contribution in [0.2, 0.25) is 0 Å². The SMILES string of the molecule is C=C[S@@](=O)c1nccn1C. The Morgan fingerprint density at radius 1 is 1.90 bits per heavy atom. The lowest BCUT2D eigenvalue weighted by Gasteiger charge is -1.93. The van der Waals surface area contributed by atoms with Crippen LogP contribution in [0.15, 0.2) is 29.5 Å². The predicted octanol–water partition coefficient (Wildman–Crippen LogP) is 0.671. The summed E-state index contributed by atoms with van der Waals surface area (Å²) in [6, 6.07) is 0. The molecule has 4 heteroatoms. The van der Waals surface area contributed by atoms with Gasteiger partial charge in [0.05, 0.1) is 0 Å². The maximum Gasteiger partial charge on any atom is 0.203 e. The highest BCUT2D eigenvalue weighted by atomic mass is 32.2. The van der Waals surface area contributed by atoms with Gasteiger partial charge in [0.15, 0.2) is 0 Å². The van der Waals surface area contributed by atoms with Gasteiger partial charge in [-0.05, 0) is 0 Å². The van der Waals surface area contributed by atoms with Crippen LogP contribution >= 0.6 is 0 Å². The summed E-state index contributed by atoms with van der Waals surface area (Å²) in [5.74, 6) is 0. The van der Waals surface area contributed by atoms with Gasteiger partial charge in [-0.1, -0.05) is 6.58 Å². The summed E-state index contributed by atoms with van der Waals surface area (Å²) in [5, 5.41) is 1.90. The summed E-state index contributed by atoms with van der Waals surface area (Å²) >= 11 is 0. The van der Waals surface area contributed by atoms with Crippen molar-refractivity contribution in [3.8, 4) is 0 Å². The zero-order chi connectivity index (χ0) is 7.56. The molecule has 0 aliphatic heterocycles. The molecule has 0 unspecified atom stereocenters. The molecule has 0 bridgehead atoms. The smallest absolute Gasteiger partial charge is 0.203 e. The van der Waals surface area contributed by atoms with E-state index in [4.69, 9.17) is 0 Å². The van der Waals surface area contributed by atoms with Crippen LogP contribution in [-0.2, 0) is 17.8 Å². The molecule has 0 aliphatic carbocycles. The van der Waals surface area contributed by atoms with Crippen molar-refractivity contribution < 1.29 is 4.21 Å². The first-order valence-electron chi connectivity index (χ1n) is 2.76. The molecule has 1 rings (SSSR count). The first-order valence-corrected chi connectivity index (χ1v) is 3.97. The van der Waals surface area contributed by atoms with Gasteiger partial charge in [-0.3, -0.25) is 0 Å². The van der Waals surface area contributed by atoms with Crippen LogP contribution in [-0.4, -0.2) is 13.8 Å². The molecule has 0 fully saturated rings. The van der Waals surface area contributed by atoms with Gasteiger partial charge in [0.25, 0.3) is 0 Å². The maximum absolute atomic E-state index is 11.0. The lowest BCUT2D eigenvalue weighted by atomic mass is 10.9. The van der Waals surface area contributed by atoms with Gasteiger partial charge < -0.3 is 4.57 Å². The fraction of sp³-hybridized carbons (Fsp3) is 0.167. The summed E-state index contributed by atoms with van der Waals surface area (Å²) in [6.45, 7) is 3.40. The topological polar surface area (TPSA) is 34.9 Å². The molecule has 0 saturated heterocycles. The highest BCUT2D eigenvalue weighted by molar-refractivity contribution is 7.87.